The Balaban J connectivity index is 0.000000583. The number of carbonyl (C=O) groups is 2. The van der Waals surface area contributed by atoms with Crippen molar-refractivity contribution in [2.45, 2.75) is 12.5 Å². The van der Waals surface area contributed by atoms with Crippen molar-refractivity contribution in [1.82, 2.24) is 0 Å². The Morgan fingerprint density at radius 3 is 2.33 bits per heavy atom. The molecule has 0 saturated heterocycles. The highest BCUT2D eigenvalue weighted by atomic mass is 16.4. The normalized spacial score (nSPS) is 10.7. The van der Waals surface area contributed by atoms with Crippen LogP contribution in [0.25, 0.3) is 0 Å². The van der Waals surface area contributed by atoms with Gasteiger partial charge in [0.25, 0.3) is 0 Å². The van der Waals surface area contributed by atoms with Crippen molar-refractivity contribution in [3.05, 3.63) is 35.9 Å². The van der Waals surface area contributed by atoms with Gasteiger partial charge >= 0.3 is 5.97 Å². The topological polar surface area (TPSA) is 105 Å². The molecule has 5 nitrogen and oxygen atoms in total. The van der Waals surface area contributed by atoms with Crippen molar-refractivity contribution in [2.24, 2.45) is 0 Å². The van der Waals surface area contributed by atoms with Crippen LogP contribution in [-0.4, -0.2) is 23.6 Å². The maximum absolute atomic E-state index is 10.4. The molecule has 0 saturated carbocycles. The molecule has 4 N–H and O–H groups in total. The van der Waals surface area contributed by atoms with Gasteiger partial charge in [0.05, 0.1) is 0 Å². The fourth-order valence-electron chi connectivity index (χ4n) is 0.986. The van der Waals surface area contributed by atoms with E-state index >= 15 is 0 Å². The maximum atomic E-state index is 10.4. The zero-order chi connectivity index (χ0) is 11.7. The second-order valence-corrected chi connectivity index (χ2v) is 2.82. The molecular formula is C10H13NO4. The van der Waals surface area contributed by atoms with Crippen LogP contribution in [0.1, 0.15) is 5.56 Å². The first-order valence-corrected chi connectivity index (χ1v) is 4.27. The quantitative estimate of drug-likeness (QED) is 0.581. The van der Waals surface area contributed by atoms with E-state index in [2.05, 4.69) is 5.73 Å². The van der Waals surface area contributed by atoms with Gasteiger partial charge in [-0.1, -0.05) is 30.3 Å². The summed E-state index contributed by atoms with van der Waals surface area (Å²) in [6, 6.07) is 8.95. The molecule has 0 spiro atoms. The molecule has 0 amide bonds. The minimum atomic E-state index is -0.848. The molecule has 0 unspecified atom stereocenters. The third kappa shape index (κ3) is 6.23. The van der Waals surface area contributed by atoms with Gasteiger partial charge in [-0.3, -0.25) is 0 Å². The third-order valence-electron chi connectivity index (χ3n) is 1.67. The van der Waals surface area contributed by atoms with E-state index in [9.17, 15) is 4.79 Å². The van der Waals surface area contributed by atoms with Crippen molar-refractivity contribution in [2.75, 3.05) is 0 Å². The molecule has 0 aliphatic heterocycles. The van der Waals surface area contributed by atoms with Crippen LogP contribution in [-0.2, 0) is 16.0 Å². The van der Waals surface area contributed by atoms with Crippen molar-refractivity contribution < 1.29 is 25.5 Å². The maximum Gasteiger partial charge on any atom is 0.362 e. The van der Waals surface area contributed by atoms with Crippen molar-refractivity contribution >= 4 is 12.4 Å². The summed E-state index contributed by atoms with van der Waals surface area (Å²) >= 11 is 0. The largest absolute Gasteiger partial charge is 0.554 e. The third-order valence-corrected chi connectivity index (χ3v) is 1.67. The molecule has 0 radical (unpaired) electrons. The molecule has 1 aromatic rings. The van der Waals surface area contributed by atoms with Crippen LogP contribution in [0.4, 0.5) is 0 Å². The predicted molar refractivity (Wildman–Crippen MR) is 50.5 cm³/mol. The Labute approximate surface area is 87.1 Å². The lowest BCUT2D eigenvalue weighted by Crippen LogP contribution is -2.65. The lowest BCUT2D eigenvalue weighted by molar-refractivity contribution is -0.407. The average molecular weight is 211 g/mol. The SMILES string of the molecule is O=C[O-].[NH3+][C@@H](Cc1ccccc1)C(=O)O. The van der Waals surface area contributed by atoms with E-state index in [1.807, 2.05) is 30.3 Å². The van der Waals surface area contributed by atoms with Gasteiger partial charge in [-0.2, -0.15) is 0 Å². The van der Waals surface area contributed by atoms with Crippen LogP contribution in [0.5, 0.6) is 0 Å². The summed E-state index contributed by atoms with van der Waals surface area (Å²) in [5, 5.41) is 16.8. The van der Waals surface area contributed by atoms with Gasteiger partial charge in [0.1, 0.15) is 0 Å². The Bertz CT molecular complexity index is 300. The van der Waals surface area contributed by atoms with Crippen LogP contribution in [0, 0.1) is 0 Å². The molecule has 15 heavy (non-hydrogen) atoms. The summed E-state index contributed by atoms with van der Waals surface area (Å²) in [7, 11) is 0. The number of rotatable bonds is 3. The fraction of sp³-hybridized carbons (Fsp3) is 0.200. The van der Waals surface area contributed by atoms with Crippen molar-refractivity contribution in [1.29, 1.82) is 0 Å². The zero-order valence-corrected chi connectivity index (χ0v) is 8.13. The first-order chi connectivity index (χ1) is 7.11. The molecule has 1 atom stereocenters. The number of hydrogen-bond acceptors (Lipinski definition) is 3. The van der Waals surface area contributed by atoms with E-state index in [0.29, 0.717) is 6.42 Å². The molecule has 0 bridgehead atoms. The van der Waals surface area contributed by atoms with E-state index in [1.165, 1.54) is 0 Å². The van der Waals surface area contributed by atoms with E-state index in [4.69, 9.17) is 15.0 Å². The first kappa shape index (κ1) is 13.1. The standard InChI is InChI=1S/C9H11NO2.CH2O2/c10-8(9(11)12)6-7-4-2-1-3-5-7;2-1-3/h1-5,8H,6,10H2,(H,11,12);1H,(H,2,3)/t8-;/m0./s1. The molecule has 0 fully saturated rings. The van der Waals surface area contributed by atoms with Crippen molar-refractivity contribution in [3.8, 4) is 0 Å². The summed E-state index contributed by atoms with van der Waals surface area (Å²) in [4.78, 5) is 18.7. The number of carbonyl (C=O) groups excluding carboxylic acids is 1. The van der Waals surface area contributed by atoms with Gasteiger partial charge in [-0.05, 0) is 5.56 Å². The molecule has 0 aliphatic rings. The molecule has 82 valence electrons. The number of benzene rings is 1. The van der Waals surface area contributed by atoms with Gasteiger partial charge in [0, 0.05) is 12.9 Å². The van der Waals surface area contributed by atoms with Crippen LogP contribution in [0.2, 0.25) is 0 Å². The molecule has 5 heteroatoms. The number of carboxylic acids is 1. The molecular weight excluding hydrogens is 198 g/mol. The van der Waals surface area contributed by atoms with E-state index in [1.54, 1.807) is 0 Å². The average Bonchev–Trinajstić information content (AvgIpc) is 2.20. The van der Waals surface area contributed by atoms with Crippen LogP contribution < -0.4 is 10.8 Å². The van der Waals surface area contributed by atoms with Crippen LogP contribution in [0.3, 0.4) is 0 Å². The van der Waals surface area contributed by atoms with Crippen molar-refractivity contribution in [3.63, 3.8) is 0 Å². The first-order valence-electron chi connectivity index (χ1n) is 4.27. The Morgan fingerprint density at radius 1 is 1.47 bits per heavy atom. The van der Waals surface area contributed by atoms with Gasteiger partial charge in [-0.15, -0.1) is 0 Å². The van der Waals surface area contributed by atoms with Crippen LogP contribution >= 0.6 is 0 Å². The summed E-state index contributed by atoms with van der Waals surface area (Å²) in [6.07, 6.45) is 0.496. The Kier molecular flexibility index (Phi) is 6.57. The number of aliphatic carboxylic acids is 1. The second kappa shape index (κ2) is 7.52. The number of quaternary nitrogens is 1. The second-order valence-electron chi connectivity index (χ2n) is 2.82. The van der Waals surface area contributed by atoms with E-state index in [-0.39, 0.29) is 0 Å². The highest BCUT2D eigenvalue weighted by Crippen LogP contribution is 2.00. The number of carboxylic acid groups (broad SMARTS) is 2. The minimum absolute atomic E-state index is 0.496. The molecule has 0 aromatic heterocycles. The fourth-order valence-corrected chi connectivity index (χ4v) is 0.986. The lowest BCUT2D eigenvalue weighted by atomic mass is 10.1. The lowest BCUT2D eigenvalue weighted by Gasteiger charge is -2.02. The van der Waals surface area contributed by atoms with Gasteiger partial charge in [0.15, 0.2) is 6.04 Å². The van der Waals surface area contributed by atoms with Gasteiger partial charge in [0.2, 0.25) is 0 Å². The van der Waals surface area contributed by atoms with Gasteiger partial charge in [-0.25, -0.2) is 4.79 Å². The monoisotopic (exact) mass is 211 g/mol. The summed E-state index contributed by atoms with van der Waals surface area (Å²) < 4.78 is 0. The predicted octanol–water partition coefficient (Wildman–Crippen LogP) is -1.71. The van der Waals surface area contributed by atoms with E-state index < -0.39 is 18.5 Å². The molecule has 1 rings (SSSR count). The van der Waals surface area contributed by atoms with Gasteiger partial charge < -0.3 is 20.7 Å². The summed E-state index contributed by atoms with van der Waals surface area (Å²) in [5.74, 6) is -0.848. The number of hydrogen-bond donors (Lipinski definition) is 2. The highest BCUT2D eigenvalue weighted by Gasteiger charge is 2.15. The smallest absolute Gasteiger partial charge is 0.362 e. The molecule has 0 aliphatic carbocycles. The highest BCUT2D eigenvalue weighted by molar-refractivity contribution is 5.71. The van der Waals surface area contributed by atoms with E-state index in [0.717, 1.165) is 5.56 Å². The molecule has 0 heterocycles. The molecule has 1 aromatic carbocycles. The zero-order valence-electron chi connectivity index (χ0n) is 8.13. The Morgan fingerprint density at radius 2 is 1.93 bits per heavy atom. The Hall–Kier alpha value is -1.88. The van der Waals surface area contributed by atoms with Crippen LogP contribution in [0.15, 0.2) is 30.3 Å². The minimum Gasteiger partial charge on any atom is -0.554 e. The summed E-state index contributed by atoms with van der Waals surface area (Å²) in [6.45, 7) is -0.500. The summed E-state index contributed by atoms with van der Waals surface area (Å²) in [5.41, 5.74) is 4.55.